The fourth-order valence-corrected chi connectivity index (χ4v) is 1.81. The van der Waals surface area contributed by atoms with E-state index in [-0.39, 0.29) is 0 Å². The Morgan fingerprint density at radius 2 is 1.62 bits per heavy atom. The van der Waals surface area contributed by atoms with Crippen LogP contribution in [0.25, 0.3) is 0 Å². The van der Waals surface area contributed by atoms with Gasteiger partial charge in [-0.1, -0.05) is 13.8 Å². The summed E-state index contributed by atoms with van der Waals surface area (Å²) in [5.41, 5.74) is 0. The third-order valence-corrected chi connectivity index (χ3v) is 3.45. The summed E-state index contributed by atoms with van der Waals surface area (Å²) in [6.45, 7) is 9.15. The average Bonchev–Trinajstić information content (AvgIpc) is 2.04. The van der Waals surface area contributed by atoms with E-state index in [1.807, 2.05) is 13.8 Å². The van der Waals surface area contributed by atoms with Crippen LogP contribution in [0.1, 0.15) is 27.7 Å². The van der Waals surface area contributed by atoms with Gasteiger partial charge in [0.15, 0.2) is 9.76 Å². The van der Waals surface area contributed by atoms with Gasteiger partial charge < -0.3 is 13.9 Å². The van der Waals surface area contributed by atoms with Gasteiger partial charge in [0.1, 0.15) is 0 Å². The average molecular weight is 206 g/mol. The predicted octanol–water partition coefficient (Wildman–Crippen LogP) is 1.52. The number of ether oxygens (including phenoxy) is 2. The first-order valence-electron chi connectivity index (χ1n) is 5.05. The molecule has 80 valence electrons. The molecule has 0 aliphatic rings. The summed E-state index contributed by atoms with van der Waals surface area (Å²) in [7, 11) is -0.474. The van der Waals surface area contributed by atoms with Crippen molar-refractivity contribution in [3.05, 3.63) is 0 Å². The molecule has 3 nitrogen and oxygen atoms in total. The minimum Gasteiger partial charge on any atom is -0.379 e. The standard InChI is InChI=1S/C9H22O3Si/c1-5-10-9(11-6-2)12-13-7-8(3)4/h8-9H,5-7,13H2,1-4H3. The van der Waals surface area contributed by atoms with Crippen molar-refractivity contribution in [1.29, 1.82) is 0 Å². The molecule has 0 aromatic rings. The fourth-order valence-electron chi connectivity index (χ4n) is 0.816. The van der Waals surface area contributed by atoms with Gasteiger partial charge in [0, 0.05) is 13.2 Å². The number of hydrogen-bond donors (Lipinski definition) is 0. The molecule has 13 heavy (non-hydrogen) atoms. The maximum absolute atomic E-state index is 5.53. The molecule has 0 radical (unpaired) electrons. The van der Waals surface area contributed by atoms with E-state index in [1.165, 1.54) is 6.04 Å². The SMILES string of the molecule is CCOC(OCC)O[SiH2]CC(C)C. The van der Waals surface area contributed by atoms with Crippen LogP contribution < -0.4 is 0 Å². The molecule has 0 bridgehead atoms. The normalized spacial score (nSPS) is 12.5. The van der Waals surface area contributed by atoms with Gasteiger partial charge in [0.25, 0.3) is 6.48 Å². The molecule has 0 heterocycles. The Labute approximate surface area is 83.7 Å². The summed E-state index contributed by atoms with van der Waals surface area (Å²) in [5, 5.41) is 0. The van der Waals surface area contributed by atoms with E-state index in [4.69, 9.17) is 13.9 Å². The smallest absolute Gasteiger partial charge is 0.261 e. The summed E-state index contributed by atoms with van der Waals surface area (Å²) in [6.07, 6.45) is 0. The molecule has 0 spiro atoms. The van der Waals surface area contributed by atoms with Gasteiger partial charge in [-0.3, -0.25) is 0 Å². The lowest BCUT2D eigenvalue weighted by Gasteiger charge is -2.17. The van der Waals surface area contributed by atoms with Crippen LogP contribution in [0, 0.1) is 5.92 Å². The van der Waals surface area contributed by atoms with Gasteiger partial charge in [0.2, 0.25) is 0 Å². The zero-order valence-corrected chi connectivity index (χ0v) is 10.6. The van der Waals surface area contributed by atoms with Crippen molar-refractivity contribution < 1.29 is 13.9 Å². The molecule has 0 saturated heterocycles. The lowest BCUT2D eigenvalue weighted by Crippen LogP contribution is -2.23. The summed E-state index contributed by atoms with van der Waals surface area (Å²) in [5.74, 6) is 0.718. The minimum absolute atomic E-state index is 0.416. The van der Waals surface area contributed by atoms with Crippen LogP contribution in [0.4, 0.5) is 0 Å². The van der Waals surface area contributed by atoms with Crippen LogP contribution in [0.15, 0.2) is 0 Å². The van der Waals surface area contributed by atoms with Crippen molar-refractivity contribution in [2.24, 2.45) is 5.92 Å². The highest BCUT2D eigenvalue weighted by Crippen LogP contribution is 2.02. The van der Waals surface area contributed by atoms with Gasteiger partial charge >= 0.3 is 0 Å². The molecule has 0 aromatic carbocycles. The Morgan fingerprint density at radius 1 is 1.08 bits per heavy atom. The number of hydrogen-bond acceptors (Lipinski definition) is 3. The molecule has 0 rings (SSSR count). The van der Waals surface area contributed by atoms with Gasteiger partial charge in [-0.15, -0.1) is 0 Å². The molecule has 0 fully saturated rings. The maximum Gasteiger partial charge on any atom is 0.261 e. The van der Waals surface area contributed by atoms with Crippen molar-refractivity contribution in [1.82, 2.24) is 0 Å². The van der Waals surface area contributed by atoms with E-state index < -0.39 is 16.2 Å². The second-order valence-electron chi connectivity index (χ2n) is 3.25. The predicted molar refractivity (Wildman–Crippen MR) is 56.3 cm³/mol. The molecule has 0 atom stereocenters. The lowest BCUT2D eigenvalue weighted by atomic mass is 10.3. The van der Waals surface area contributed by atoms with Crippen molar-refractivity contribution >= 4 is 9.76 Å². The quantitative estimate of drug-likeness (QED) is 0.445. The lowest BCUT2D eigenvalue weighted by molar-refractivity contribution is -0.243. The highest BCUT2D eigenvalue weighted by atomic mass is 28.2. The third kappa shape index (κ3) is 8.43. The summed E-state index contributed by atoms with van der Waals surface area (Å²) < 4.78 is 16.0. The molecule has 0 aromatic heterocycles. The molecule has 0 amide bonds. The first kappa shape index (κ1) is 13.1. The van der Waals surface area contributed by atoms with Crippen LogP contribution in [-0.4, -0.2) is 29.5 Å². The largest absolute Gasteiger partial charge is 0.379 e. The first-order chi connectivity index (χ1) is 6.20. The second kappa shape index (κ2) is 8.68. The van der Waals surface area contributed by atoms with E-state index >= 15 is 0 Å². The van der Waals surface area contributed by atoms with E-state index in [0.717, 1.165) is 5.92 Å². The molecule has 0 aliphatic heterocycles. The first-order valence-corrected chi connectivity index (χ1v) is 6.63. The Balaban J connectivity index is 3.44. The zero-order valence-electron chi connectivity index (χ0n) is 9.21. The summed E-state index contributed by atoms with van der Waals surface area (Å²) in [4.78, 5) is 0. The van der Waals surface area contributed by atoms with Crippen LogP contribution in [-0.2, 0) is 13.9 Å². The van der Waals surface area contributed by atoms with Crippen molar-refractivity contribution in [2.45, 2.75) is 40.2 Å². The van der Waals surface area contributed by atoms with E-state index in [9.17, 15) is 0 Å². The van der Waals surface area contributed by atoms with Crippen LogP contribution in [0.5, 0.6) is 0 Å². The van der Waals surface area contributed by atoms with Gasteiger partial charge in [-0.2, -0.15) is 0 Å². The van der Waals surface area contributed by atoms with E-state index in [0.29, 0.717) is 13.2 Å². The van der Waals surface area contributed by atoms with E-state index in [1.54, 1.807) is 0 Å². The Morgan fingerprint density at radius 3 is 2.00 bits per heavy atom. The molecular formula is C9H22O3Si. The van der Waals surface area contributed by atoms with Gasteiger partial charge in [-0.05, 0) is 25.8 Å². The van der Waals surface area contributed by atoms with Crippen molar-refractivity contribution in [3.8, 4) is 0 Å². The van der Waals surface area contributed by atoms with Crippen LogP contribution in [0.3, 0.4) is 0 Å². The molecule has 0 unspecified atom stereocenters. The number of rotatable bonds is 8. The molecule has 4 heteroatoms. The maximum atomic E-state index is 5.53. The van der Waals surface area contributed by atoms with E-state index in [2.05, 4.69) is 13.8 Å². The zero-order chi connectivity index (χ0) is 10.1. The summed E-state index contributed by atoms with van der Waals surface area (Å²) >= 11 is 0. The fraction of sp³-hybridized carbons (Fsp3) is 1.00. The summed E-state index contributed by atoms with van der Waals surface area (Å²) in [6, 6.07) is 1.18. The van der Waals surface area contributed by atoms with Gasteiger partial charge in [-0.25, -0.2) is 0 Å². The Bertz CT molecular complexity index is 103. The Hall–Kier alpha value is 0.0969. The van der Waals surface area contributed by atoms with Crippen LogP contribution >= 0.6 is 0 Å². The topological polar surface area (TPSA) is 27.7 Å². The van der Waals surface area contributed by atoms with Crippen molar-refractivity contribution in [3.63, 3.8) is 0 Å². The van der Waals surface area contributed by atoms with Crippen LogP contribution in [0.2, 0.25) is 6.04 Å². The van der Waals surface area contributed by atoms with Crippen molar-refractivity contribution in [2.75, 3.05) is 13.2 Å². The molecule has 0 N–H and O–H groups in total. The minimum atomic E-state index is -0.474. The molecule has 0 aliphatic carbocycles. The monoisotopic (exact) mass is 206 g/mol. The highest BCUT2D eigenvalue weighted by molar-refractivity contribution is 6.27. The Kier molecular flexibility index (Phi) is 8.75. The second-order valence-corrected chi connectivity index (χ2v) is 4.57. The highest BCUT2D eigenvalue weighted by Gasteiger charge is 2.07. The molecular weight excluding hydrogens is 184 g/mol. The third-order valence-electron chi connectivity index (χ3n) is 1.55. The van der Waals surface area contributed by atoms with Gasteiger partial charge in [0.05, 0.1) is 0 Å². The molecule has 0 saturated carbocycles.